The average molecular weight is 363 g/mol. The number of carbonyl (C=O) groups excluding carboxylic acids is 1. The van der Waals surface area contributed by atoms with Gasteiger partial charge in [0.1, 0.15) is 0 Å². The number of anilines is 1. The Morgan fingerprint density at radius 1 is 1.38 bits per heavy atom. The number of hydrogen-bond acceptors (Lipinski definition) is 5. The summed E-state index contributed by atoms with van der Waals surface area (Å²) < 4.78 is 0. The van der Waals surface area contributed by atoms with Crippen molar-refractivity contribution >= 4 is 17.3 Å². The maximum Gasteiger partial charge on any atom is 0.274 e. The summed E-state index contributed by atoms with van der Waals surface area (Å²) in [5.41, 5.74) is 0.934. The minimum Gasteiger partial charge on any atom is -0.392 e. The van der Waals surface area contributed by atoms with Gasteiger partial charge in [0, 0.05) is 31.6 Å². The Labute approximate surface area is 154 Å². The van der Waals surface area contributed by atoms with Crippen molar-refractivity contribution in [2.24, 2.45) is 0 Å². The van der Waals surface area contributed by atoms with Gasteiger partial charge in [-0.15, -0.1) is 0 Å². The molecule has 0 aliphatic heterocycles. The fourth-order valence-corrected chi connectivity index (χ4v) is 3.62. The lowest BCUT2D eigenvalue weighted by Crippen LogP contribution is -2.42. The SMILES string of the molecule is Cc1c(NC(=O)CCN(C[C@@H](C)O)C2CCCCC2)cccc1[N+](=O)[O-]. The summed E-state index contributed by atoms with van der Waals surface area (Å²) in [6, 6.07) is 5.10. The van der Waals surface area contributed by atoms with Crippen LogP contribution >= 0.6 is 0 Å². The van der Waals surface area contributed by atoms with Crippen LogP contribution in [0.2, 0.25) is 0 Å². The van der Waals surface area contributed by atoms with E-state index in [1.54, 1.807) is 26.0 Å². The molecule has 7 heteroatoms. The fourth-order valence-electron chi connectivity index (χ4n) is 3.62. The molecule has 1 atom stereocenters. The molecular weight excluding hydrogens is 334 g/mol. The predicted molar refractivity (Wildman–Crippen MR) is 101 cm³/mol. The largest absolute Gasteiger partial charge is 0.392 e. The molecule has 0 saturated heterocycles. The maximum atomic E-state index is 12.3. The first kappa shape index (κ1) is 20.3. The molecule has 1 amide bonds. The second kappa shape index (κ2) is 9.64. The van der Waals surface area contributed by atoms with Crippen LogP contribution in [-0.2, 0) is 4.79 Å². The Morgan fingerprint density at radius 2 is 2.08 bits per heavy atom. The van der Waals surface area contributed by atoms with Gasteiger partial charge < -0.3 is 10.4 Å². The van der Waals surface area contributed by atoms with E-state index in [0.717, 1.165) is 12.8 Å². The number of carbonyl (C=O) groups is 1. The van der Waals surface area contributed by atoms with E-state index >= 15 is 0 Å². The summed E-state index contributed by atoms with van der Waals surface area (Å²) in [5, 5.41) is 23.6. The van der Waals surface area contributed by atoms with E-state index in [0.29, 0.717) is 36.8 Å². The van der Waals surface area contributed by atoms with E-state index in [1.807, 2.05) is 0 Å². The second-order valence-electron chi connectivity index (χ2n) is 7.14. The molecule has 1 saturated carbocycles. The van der Waals surface area contributed by atoms with Crippen LogP contribution in [-0.4, -0.2) is 46.1 Å². The summed E-state index contributed by atoms with van der Waals surface area (Å²) in [7, 11) is 0. The van der Waals surface area contributed by atoms with Gasteiger partial charge in [-0.2, -0.15) is 0 Å². The molecule has 1 fully saturated rings. The first-order valence-corrected chi connectivity index (χ1v) is 9.34. The number of benzene rings is 1. The number of nitrogens with zero attached hydrogens (tertiary/aromatic N) is 2. The first-order chi connectivity index (χ1) is 12.4. The monoisotopic (exact) mass is 363 g/mol. The van der Waals surface area contributed by atoms with Crippen LogP contribution in [0.4, 0.5) is 11.4 Å². The van der Waals surface area contributed by atoms with Gasteiger partial charge >= 0.3 is 0 Å². The molecule has 0 heterocycles. The number of nitro groups is 1. The fraction of sp³-hybridized carbons (Fsp3) is 0.632. The molecule has 26 heavy (non-hydrogen) atoms. The van der Waals surface area contributed by atoms with Crippen molar-refractivity contribution in [3.8, 4) is 0 Å². The van der Waals surface area contributed by atoms with Gasteiger partial charge in [-0.05, 0) is 32.8 Å². The highest BCUT2D eigenvalue weighted by molar-refractivity contribution is 5.92. The van der Waals surface area contributed by atoms with Gasteiger partial charge in [-0.25, -0.2) is 0 Å². The summed E-state index contributed by atoms with van der Waals surface area (Å²) in [4.78, 5) is 25.1. The number of amides is 1. The average Bonchev–Trinajstić information content (AvgIpc) is 2.60. The zero-order chi connectivity index (χ0) is 19.1. The maximum absolute atomic E-state index is 12.3. The lowest BCUT2D eigenvalue weighted by atomic mass is 9.94. The van der Waals surface area contributed by atoms with Crippen molar-refractivity contribution in [2.75, 3.05) is 18.4 Å². The predicted octanol–water partition coefficient (Wildman–Crippen LogP) is 3.25. The number of rotatable bonds is 8. The number of nitrogens with one attached hydrogen (secondary N) is 1. The minimum atomic E-state index is -0.446. The second-order valence-corrected chi connectivity index (χ2v) is 7.14. The lowest BCUT2D eigenvalue weighted by molar-refractivity contribution is -0.385. The Hall–Kier alpha value is -1.99. The van der Waals surface area contributed by atoms with Crippen molar-refractivity contribution in [1.29, 1.82) is 0 Å². The molecule has 144 valence electrons. The Bertz CT molecular complexity index is 627. The molecule has 1 aliphatic rings. The molecule has 7 nitrogen and oxygen atoms in total. The zero-order valence-electron chi connectivity index (χ0n) is 15.6. The third kappa shape index (κ3) is 5.78. The van der Waals surface area contributed by atoms with Crippen LogP contribution in [0, 0.1) is 17.0 Å². The smallest absolute Gasteiger partial charge is 0.274 e. The van der Waals surface area contributed by atoms with Crippen LogP contribution in [0.1, 0.15) is 51.0 Å². The van der Waals surface area contributed by atoms with E-state index in [1.165, 1.54) is 25.3 Å². The van der Waals surface area contributed by atoms with E-state index in [4.69, 9.17) is 0 Å². The topological polar surface area (TPSA) is 95.7 Å². The van der Waals surface area contributed by atoms with Gasteiger partial charge in [0.25, 0.3) is 5.69 Å². The summed E-state index contributed by atoms with van der Waals surface area (Å²) in [6.45, 7) is 4.54. The summed E-state index contributed by atoms with van der Waals surface area (Å²) in [5.74, 6) is -0.167. The standard InChI is InChI=1S/C19H29N3O4/c1-14(23)13-21(16-7-4-3-5-8-16)12-11-19(24)20-17-9-6-10-18(15(17)2)22(25)26/h6,9-10,14,16,23H,3-5,7-8,11-13H2,1-2H3,(H,20,24)/t14-/m1/s1. The van der Waals surface area contributed by atoms with E-state index in [9.17, 15) is 20.0 Å². The van der Waals surface area contributed by atoms with E-state index in [2.05, 4.69) is 10.2 Å². The highest BCUT2D eigenvalue weighted by atomic mass is 16.6. The van der Waals surface area contributed by atoms with Crippen LogP contribution < -0.4 is 5.32 Å². The summed E-state index contributed by atoms with van der Waals surface area (Å²) >= 11 is 0. The summed E-state index contributed by atoms with van der Waals surface area (Å²) in [6.07, 6.45) is 5.73. The highest BCUT2D eigenvalue weighted by Crippen LogP contribution is 2.26. The molecule has 0 aromatic heterocycles. The van der Waals surface area contributed by atoms with Crippen molar-refractivity contribution in [1.82, 2.24) is 4.90 Å². The van der Waals surface area contributed by atoms with Crippen molar-refractivity contribution in [3.05, 3.63) is 33.9 Å². The quantitative estimate of drug-likeness (QED) is 0.546. The normalized spacial score (nSPS) is 16.5. The van der Waals surface area contributed by atoms with Crippen molar-refractivity contribution in [2.45, 2.75) is 64.5 Å². The van der Waals surface area contributed by atoms with Crippen LogP contribution in [0.25, 0.3) is 0 Å². The van der Waals surface area contributed by atoms with E-state index < -0.39 is 11.0 Å². The molecule has 0 radical (unpaired) electrons. The highest BCUT2D eigenvalue weighted by Gasteiger charge is 2.23. The van der Waals surface area contributed by atoms with Gasteiger partial charge in [0.05, 0.1) is 22.3 Å². The van der Waals surface area contributed by atoms with Crippen molar-refractivity contribution < 1.29 is 14.8 Å². The van der Waals surface area contributed by atoms with Gasteiger partial charge in [-0.1, -0.05) is 25.3 Å². The van der Waals surface area contributed by atoms with Gasteiger partial charge in [0.15, 0.2) is 0 Å². The van der Waals surface area contributed by atoms with Crippen LogP contribution in [0.5, 0.6) is 0 Å². The molecule has 0 unspecified atom stereocenters. The minimum absolute atomic E-state index is 0.000683. The lowest BCUT2D eigenvalue weighted by Gasteiger charge is -2.35. The Balaban J connectivity index is 1.95. The molecular formula is C19H29N3O4. The first-order valence-electron chi connectivity index (χ1n) is 9.34. The molecule has 2 N–H and O–H groups in total. The van der Waals surface area contributed by atoms with Gasteiger partial charge in [0.2, 0.25) is 5.91 Å². The molecule has 1 aromatic carbocycles. The Kier molecular flexibility index (Phi) is 7.53. The molecule has 0 spiro atoms. The number of nitro benzene ring substituents is 1. The molecule has 2 rings (SSSR count). The zero-order valence-corrected chi connectivity index (χ0v) is 15.6. The molecule has 0 bridgehead atoms. The van der Waals surface area contributed by atoms with E-state index in [-0.39, 0.29) is 11.6 Å². The third-order valence-electron chi connectivity index (χ3n) is 4.99. The third-order valence-corrected chi connectivity index (χ3v) is 4.99. The van der Waals surface area contributed by atoms with Crippen molar-refractivity contribution in [3.63, 3.8) is 0 Å². The van der Waals surface area contributed by atoms with Crippen LogP contribution in [0.15, 0.2) is 18.2 Å². The van der Waals surface area contributed by atoms with Crippen LogP contribution in [0.3, 0.4) is 0 Å². The number of aliphatic hydroxyl groups is 1. The molecule has 1 aromatic rings. The number of hydrogen-bond donors (Lipinski definition) is 2. The number of aliphatic hydroxyl groups excluding tert-OH is 1. The Morgan fingerprint density at radius 3 is 2.69 bits per heavy atom. The van der Waals surface area contributed by atoms with Gasteiger partial charge in [-0.3, -0.25) is 19.8 Å². The molecule has 1 aliphatic carbocycles.